The number of nitrogens with zero attached hydrogens (tertiary/aromatic N) is 3. The van der Waals surface area contributed by atoms with Crippen LogP contribution in [0.15, 0.2) is 34.9 Å². The number of aromatic nitrogens is 2. The Morgan fingerprint density at radius 1 is 1.28 bits per heavy atom. The van der Waals surface area contributed by atoms with Crippen LogP contribution in [0.1, 0.15) is 56.5 Å². The summed E-state index contributed by atoms with van der Waals surface area (Å²) >= 11 is 0. The smallest absolute Gasteiger partial charge is 0.227 e. The quantitative estimate of drug-likeness (QED) is 0.834. The summed E-state index contributed by atoms with van der Waals surface area (Å²) in [4.78, 5) is 18.8. The highest BCUT2D eigenvalue weighted by molar-refractivity contribution is 5.76. The van der Waals surface area contributed by atoms with E-state index in [1.807, 2.05) is 56.0 Å². The zero-order chi connectivity index (χ0) is 17.8. The van der Waals surface area contributed by atoms with E-state index in [2.05, 4.69) is 10.1 Å². The first-order valence-corrected chi connectivity index (χ1v) is 8.83. The number of carbonyl (C=O) groups is 1. The van der Waals surface area contributed by atoms with Crippen LogP contribution in [-0.2, 0) is 16.0 Å². The maximum absolute atomic E-state index is 12.6. The molecular formula is C19H25N3O3. The van der Waals surface area contributed by atoms with Gasteiger partial charge in [-0.05, 0) is 12.5 Å². The van der Waals surface area contributed by atoms with Gasteiger partial charge in [0.15, 0.2) is 5.82 Å². The van der Waals surface area contributed by atoms with Gasteiger partial charge in [0.05, 0.1) is 12.6 Å². The fourth-order valence-electron chi connectivity index (χ4n) is 2.98. The monoisotopic (exact) mass is 343 g/mol. The molecule has 2 heterocycles. The van der Waals surface area contributed by atoms with E-state index in [0.29, 0.717) is 37.6 Å². The van der Waals surface area contributed by atoms with Gasteiger partial charge in [-0.25, -0.2) is 0 Å². The number of rotatable bonds is 5. The second-order valence-corrected chi connectivity index (χ2v) is 6.85. The van der Waals surface area contributed by atoms with E-state index in [-0.39, 0.29) is 24.0 Å². The molecule has 1 aromatic heterocycles. The van der Waals surface area contributed by atoms with Crippen molar-refractivity contribution in [3.63, 3.8) is 0 Å². The van der Waals surface area contributed by atoms with E-state index in [4.69, 9.17) is 9.26 Å². The molecule has 1 amide bonds. The van der Waals surface area contributed by atoms with Crippen molar-refractivity contribution in [1.82, 2.24) is 15.0 Å². The molecule has 1 saturated heterocycles. The summed E-state index contributed by atoms with van der Waals surface area (Å²) < 4.78 is 11.2. The Hall–Kier alpha value is -2.21. The molecule has 25 heavy (non-hydrogen) atoms. The SMILES string of the molecule is CC(C)c1noc(CCC(=O)N2C[C@H](C)O[C@@H](c3ccccc3)C2)n1. The van der Waals surface area contributed by atoms with Gasteiger partial charge in [0, 0.05) is 25.3 Å². The number of aryl methyl sites for hydroxylation is 1. The van der Waals surface area contributed by atoms with Gasteiger partial charge < -0.3 is 14.2 Å². The molecule has 0 unspecified atom stereocenters. The zero-order valence-corrected chi connectivity index (χ0v) is 15.0. The molecule has 0 bridgehead atoms. The van der Waals surface area contributed by atoms with Crippen molar-refractivity contribution in [3.05, 3.63) is 47.6 Å². The number of morpholine rings is 1. The van der Waals surface area contributed by atoms with Gasteiger partial charge in [-0.1, -0.05) is 49.3 Å². The molecule has 0 radical (unpaired) electrons. The van der Waals surface area contributed by atoms with Gasteiger partial charge in [-0.15, -0.1) is 0 Å². The maximum Gasteiger partial charge on any atom is 0.227 e. The number of hydrogen-bond donors (Lipinski definition) is 0. The summed E-state index contributed by atoms with van der Waals surface area (Å²) in [6, 6.07) is 10.0. The Labute approximate surface area is 148 Å². The maximum atomic E-state index is 12.6. The highest BCUT2D eigenvalue weighted by Gasteiger charge is 2.29. The van der Waals surface area contributed by atoms with Crippen LogP contribution in [0.2, 0.25) is 0 Å². The van der Waals surface area contributed by atoms with E-state index in [0.717, 1.165) is 5.56 Å². The Morgan fingerprint density at radius 3 is 2.72 bits per heavy atom. The lowest BCUT2D eigenvalue weighted by molar-refractivity contribution is -0.144. The van der Waals surface area contributed by atoms with Crippen molar-refractivity contribution in [2.75, 3.05) is 13.1 Å². The van der Waals surface area contributed by atoms with Gasteiger partial charge in [-0.2, -0.15) is 4.98 Å². The van der Waals surface area contributed by atoms with Crippen molar-refractivity contribution in [1.29, 1.82) is 0 Å². The summed E-state index contributed by atoms with van der Waals surface area (Å²) in [6.45, 7) is 7.22. The number of ether oxygens (including phenoxy) is 1. The van der Waals surface area contributed by atoms with Gasteiger partial charge in [0.2, 0.25) is 11.8 Å². The minimum Gasteiger partial charge on any atom is -0.367 e. The lowest BCUT2D eigenvalue weighted by atomic mass is 10.1. The average Bonchev–Trinajstić information content (AvgIpc) is 3.09. The van der Waals surface area contributed by atoms with Crippen LogP contribution in [0.4, 0.5) is 0 Å². The normalized spacial score (nSPS) is 20.9. The molecule has 3 rings (SSSR count). The number of carbonyl (C=O) groups excluding carboxylic acids is 1. The Balaban J connectivity index is 1.59. The van der Waals surface area contributed by atoms with Crippen LogP contribution < -0.4 is 0 Å². The molecule has 0 aliphatic carbocycles. The van der Waals surface area contributed by atoms with E-state index >= 15 is 0 Å². The predicted octanol–water partition coefficient (Wildman–Crippen LogP) is 3.11. The Kier molecular flexibility index (Phi) is 5.48. The molecule has 1 aromatic carbocycles. The number of benzene rings is 1. The Bertz CT molecular complexity index is 699. The van der Waals surface area contributed by atoms with E-state index in [9.17, 15) is 4.79 Å². The lowest BCUT2D eigenvalue weighted by Crippen LogP contribution is -2.46. The predicted molar refractivity (Wildman–Crippen MR) is 93.0 cm³/mol. The first-order valence-electron chi connectivity index (χ1n) is 8.83. The second-order valence-electron chi connectivity index (χ2n) is 6.85. The molecule has 1 aliphatic rings. The van der Waals surface area contributed by atoms with Gasteiger partial charge >= 0.3 is 0 Å². The number of amides is 1. The van der Waals surface area contributed by atoms with Gasteiger partial charge in [-0.3, -0.25) is 4.79 Å². The minimum absolute atomic E-state index is 0.0128. The largest absolute Gasteiger partial charge is 0.367 e. The van der Waals surface area contributed by atoms with E-state index in [1.54, 1.807) is 0 Å². The number of hydrogen-bond acceptors (Lipinski definition) is 5. The third-order valence-corrected chi connectivity index (χ3v) is 4.34. The first kappa shape index (κ1) is 17.6. The van der Waals surface area contributed by atoms with Crippen LogP contribution in [0.25, 0.3) is 0 Å². The van der Waals surface area contributed by atoms with E-state index < -0.39 is 0 Å². The standard InChI is InChI=1S/C19H25N3O3/c1-13(2)19-20-17(25-21-19)9-10-18(23)22-11-14(3)24-16(12-22)15-7-5-4-6-8-15/h4-8,13-14,16H,9-12H2,1-3H3/t14-,16+/m0/s1. The summed E-state index contributed by atoms with van der Waals surface area (Å²) in [5.74, 6) is 1.53. The van der Waals surface area contributed by atoms with Crippen molar-refractivity contribution >= 4 is 5.91 Å². The average molecular weight is 343 g/mol. The van der Waals surface area contributed by atoms with E-state index in [1.165, 1.54) is 0 Å². The third-order valence-electron chi connectivity index (χ3n) is 4.34. The van der Waals surface area contributed by atoms with Crippen LogP contribution >= 0.6 is 0 Å². The topological polar surface area (TPSA) is 68.5 Å². The van der Waals surface area contributed by atoms with Crippen LogP contribution in [0.5, 0.6) is 0 Å². The van der Waals surface area contributed by atoms with Gasteiger partial charge in [0.25, 0.3) is 0 Å². The first-order chi connectivity index (χ1) is 12.0. The molecule has 0 saturated carbocycles. The lowest BCUT2D eigenvalue weighted by Gasteiger charge is -2.37. The molecule has 1 fully saturated rings. The van der Waals surface area contributed by atoms with Gasteiger partial charge in [0.1, 0.15) is 6.10 Å². The molecule has 0 N–H and O–H groups in total. The van der Waals surface area contributed by atoms with Crippen LogP contribution in [0, 0.1) is 0 Å². The fraction of sp³-hybridized carbons (Fsp3) is 0.526. The van der Waals surface area contributed by atoms with Crippen molar-refractivity contribution in [2.45, 2.75) is 51.7 Å². The van der Waals surface area contributed by atoms with Crippen molar-refractivity contribution in [2.24, 2.45) is 0 Å². The molecule has 2 atom stereocenters. The highest BCUT2D eigenvalue weighted by Crippen LogP contribution is 2.25. The third kappa shape index (κ3) is 4.45. The summed E-state index contributed by atoms with van der Waals surface area (Å²) in [7, 11) is 0. The molecule has 0 spiro atoms. The van der Waals surface area contributed by atoms with Crippen molar-refractivity contribution in [3.8, 4) is 0 Å². The summed E-state index contributed by atoms with van der Waals surface area (Å²) in [5, 5.41) is 3.94. The van der Waals surface area contributed by atoms with Crippen LogP contribution in [0.3, 0.4) is 0 Å². The molecular weight excluding hydrogens is 318 g/mol. The highest BCUT2D eigenvalue weighted by atomic mass is 16.5. The minimum atomic E-state index is -0.0788. The summed E-state index contributed by atoms with van der Waals surface area (Å²) in [5.41, 5.74) is 1.10. The van der Waals surface area contributed by atoms with Crippen molar-refractivity contribution < 1.29 is 14.1 Å². The zero-order valence-electron chi connectivity index (χ0n) is 15.0. The molecule has 1 aliphatic heterocycles. The molecule has 2 aromatic rings. The molecule has 134 valence electrons. The Morgan fingerprint density at radius 2 is 2.04 bits per heavy atom. The second kappa shape index (κ2) is 7.78. The van der Waals surface area contributed by atoms with Crippen LogP contribution in [-0.4, -0.2) is 40.1 Å². The molecule has 6 nitrogen and oxygen atoms in total. The fourth-order valence-corrected chi connectivity index (χ4v) is 2.98. The summed E-state index contributed by atoms with van der Waals surface area (Å²) in [6.07, 6.45) is 0.776. The molecule has 6 heteroatoms.